The van der Waals surface area contributed by atoms with Gasteiger partial charge >= 0.3 is 0 Å². The number of hydrogen-bond acceptors (Lipinski definition) is 4. The molecule has 3 aromatic rings. The molecule has 1 aliphatic heterocycles. The fourth-order valence-corrected chi connectivity index (χ4v) is 3.09. The van der Waals surface area contributed by atoms with E-state index in [1.54, 1.807) is 18.0 Å². The van der Waals surface area contributed by atoms with Gasteiger partial charge in [0.1, 0.15) is 11.3 Å². The van der Waals surface area contributed by atoms with Crippen molar-refractivity contribution in [3.05, 3.63) is 34.7 Å². The second kappa shape index (κ2) is 5.14. The summed E-state index contributed by atoms with van der Waals surface area (Å²) in [7, 11) is 1.63. The molecule has 3 heterocycles. The third kappa shape index (κ3) is 1.99. The zero-order valence-electron chi connectivity index (χ0n) is 12.3. The number of rotatable bonds is 2. The normalized spacial score (nSPS) is 18.9. The first-order valence-electron chi connectivity index (χ1n) is 7.43. The van der Waals surface area contributed by atoms with E-state index in [4.69, 9.17) is 9.47 Å². The lowest BCUT2D eigenvalue weighted by molar-refractivity contribution is 0.0533. The third-order valence-corrected chi connectivity index (χ3v) is 4.26. The molecule has 1 aliphatic rings. The van der Waals surface area contributed by atoms with E-state index in [9.17, 15) is 4.79 Å². The van der Waals surface area contributed by atoms with Crippen molar-refractivity contribution in [3.63, 3.8) is 0 Å². The first-order valence-corrected chi connectivity index (χ1v) is 7.43. The van der Waals surface area contributed by atoms with Crippen LogP contribution in [0.4, 0.5) is 0 Å². The van der Waals surface area contributed by atoms with E-state index in [-0.39, 0.29) is 11.6 Å². The smallest absolute Gasteiger partial charge is 0.291 e. The van der Waals surface area contributed by atoms with Crippen LogP contribution in [0, 0.1) is 0 Å². The highest BCUT2D eigenvalue weighted by molar-refractivity contribution is 6.06. The minimum absolute atomic E-state index is 0.0200. The van der Waals surface area contributed by atoms with Crippen LogP contribution in [0.1, 0.15) is 18.9 Å². The molecule has 114 valence electrons. The van der Waals surface area contributed by atoms with E-state index in [1.165, 1.54) is 0 Å². The molecule has 1 N–H and O–H groups in total. The van der Waals surface area contributed by atoms with Crippen LogP contribution < -0.4 is 10.3 Å². The highest BCUT2D eigenvalue weighted by Gasteiger charge is 2.20. The van der Waals surface area contributed by atoms with E-state index in [0.717, 1.165) is 41.5 Å². The predicted molar refractivity (Wildman–Crippen MR) is 83.5 cm³/mol. The van der Waals surface area contributed by atoms with Gasteiger partial charge in [-0.2, -0.15) is 5.10 Å². The van der Waals surface area contributed by atoms with Gasteiger partial charge in [-0.3, -0.25) is 4.79 Å². The van der Waals surface area contributed by atoms with Crippen molar-refractivity contribution in [1.82, 2.24) is 14.8 Å². The summed E-state index contributed by atoms with van der Waals surface area (Å²) in [6, 6.07) is 5.73. The van der Waals surface area contributed by atoms with Crippen LogP contribution in [0.5, 0.6) is 5.75 Å². The van der Waals surface area contributed by atoms with Crippen LogP contribution in [0.15, 0.2) is 29.2 Å². The van der Waals surface area contributed by atoms with Gasteiger partial charge in [-0.25, -0.2) is 4.68 Å². The Bertz CT molecular complexity index is 891. The minimum Gasteiger partial charge on any atom is -0.497 e. The van der Waals surface area contributed by atoms with Gasteiger partial charge in [0.05, 0.1) is 26.0 Å². The zero-order chi connectivity index (χ0) is 15.1. The van der Waals surface area contributed by atoms with Crippen molar-refractivity contribution < 1.29 is 9.47 Å². The van der Waals surface area contributed by atoms with Crippen molar-refractivity contribution in [2.75, 3.05) is 20.3 Å². The number of aromatic amines is 1. The number of hydrogen-bond donors (Lipinski definition) is 1. The summed E-state index contributed by atoms with van der Waals surface area (Å²) in [5, 5.41) is 6.15. The topological polar surface area (TPSA) is 69.1 Å². The molecule has 1 fully saturated rings. The third-order valence-electron chi connectivity index (χ3n) is 4.26. The average Bonchev–Trinajstić information content (AvgIpc) is 2.95. The number of ether oxygens (including phenoxy) is 2. The van der Waals surface area contributed by atoms with Gasteiger partial charge in [0.2, 0.25) is 0 Å². The van der Waals surface area contributed by atoms with Gasteiger partial charge in [-0.05, 0) is 31.0 Å². The molecule has 6 nitrogen and oxygen atoms in total. The Morgan fingerprint density at radius 2 is 2.32 bits per heavy atom. The van der Waals surface area contributed by atoms with Gasteiger partial charge in [-0.15, -0.1) is 0 Å². The molecule has 6 heteroatoms. The number of aromatic nitrogens is 3. The Balaban J connectivity index is 1.91. The van der Waals surface area contributed by atoms with Gasteiger partial charge in [-0.1, -0.05) is 0 Å². The largest absolute Gasteiger partial charge is 0.497 e. The number of fused-ring (bicyclic) bond motifs is 3. The van der Waals surface area contributed by atoms with Gasteiger partial charge in [0.15, 0.2) is 0 Å². The molecule has 0 spiro atoms. The second-order valence-electron chi connectivity index (χ2n) is 5.59. The zero-order valence-corrected chi connectivity index (χ0v) is 12.3. The SMILES string of the molecule is COc1ccc2[nH]c3c(=O)n(C4CCCOC4)ncc3c2c1. The Labute approximate surface area is 126 Å². The van der Waals surface area contributed by atoms with E-state index in [0.29, 0.717) is 12.1 Å². The summed E-state index contributed by atoms with van der Waals surface area (Å²) in [6.07, 6.45) is 3.64. The fraction of sp³-hybridized carbons (Fsp3) is 0.375. The number of methoxy groups -OCH3 is 1. The lowest BCUT2D eigenvalue weighted by Crippen LogP contribution is -2.32. The lowest BCUT2D eigenvalue weighted by Gasteiger charge is -2.22. The Kier molecular flexibility index (Phi) is 3.11. The molecular weight excluding hydrogens is 282 g/mol. The standard InChI is InChI=1S/C16H17N3O3/c1-21-11-4-5-14-12(7-11)13-8-17-19(16(20)15(13)18-14)10-3-2-6-22-9-10/h4-5,7-8,10,18H,2-3,6,9H2,1H3. The molecule has 2 aromatic heterocycles. The van der Waals surface area contributed by atoms with Crippen molar-refractivity contribution in [1.29, 1.82) is 0 Å². The van der Waals surface area contributed by atoms with E-state index >= 15 is 0 Å². The monoisotopic (exact) mass is 299 g/mol. The molecular formula is C16H17N3O3. The van der Waals surface area contributed by atoms with Crippen LogP contribution in [-0.4, -0.2) is 35.1 Å². The fourth-order valence-electron chi connectivity index (χ4n) is 3.09. The maximum atomic E-state index is 12.7. The number of benzene rings is 1. The predicted octanol–water partition coefficient (Wildman–Crippen LogP) is 2.24. The maximum absolute atomic E-state index is 12.7. The van der Waals surface area contributed by atoms with Gasteiger partial charge in [0.25, 0.3) is 5.56 Å². The van der Waals surface area contributed by atoms with Crippen LogP contribution in [0.25, 0.3) is 21.8 Å². The Morgan fingerprint density at radius 3 is 3.09 bits per heavy atom. The van der Waals surface area contributed by atoms with E-state index in [1.807, 2.05) is 18.2 Å². The van der Waals surface area contributed by atoms with Gasteiger partial charge < -0.3 is 14.5 Å². The molecule has 4 rings (SSSR count). The molecule has 0 amide bonds. The summed E-state index contributed by atoms with van der Waals surface area (Å²) < 4.78 is 12.3. The summed E-state index contributed by atoms with van der Waals surface area (Å²) in [6.45, 7) is 1.31. The molecule has 1 saturated heterocycles. The van der Waals surface area contributed by atoms with Crippen LogP contribution in [0.2, 0.25) is 0 Å². The minimum atomic E-state index is -0.0943. The van der Waals surface area contributed by atoms with Crippen LogP contribution in [0.3, 0.4) is 0 Å². The second-order valence-corrected chi connectivity index (χ2v) is 5.59. The number of nitrogens with one attached hydrogen (secondary N) is 1. The lowest BCUT2D eigenvalue weighted by atomic mass is 10.1. The first-order chi connectivity index (χ1) is 10.8. The average molecular weight is 299 g/mol. The molecule has 0 aliphatic carbocycles. The molecule has 1 atom stereocenters. The first kappa shape index (κ1) is 13.3. The summed E-state index contributed by atoms with van der Waals surface area (Å²) in [5.41, 5.74) is 1.40. The van der Waals surface area contributed by atoms with Crippen LogP contribution in [-0.2, 0) is 4.74 Å². The van der Waals surface area contributed by atoms with Crippen molar-refractivity contribution in [2.45, 2.75) is 18.9 Å². The summed E-state index contributed by atoms with van der Waals surface area (Å²) >= 11 is 0. The van der Waals surface area contributed by atoms with Crippen molar-refractivity contribution in [2.24, 2.45) is 0 Å². The van der Waals surface area contributed by atoms with E-state index in [2.05, 4.69) is 10.1 Å². The maximum Gasteiger partial charge on any atom is 0.291 e. The van der Waals surface area contributed by atoms with Crippen molar-refractivity contribution >= 4 is 21.8 Å². The molecule has 0 radical (unpaired) electrons. The van der Waals surface area contributed by atoms with E-state index < -0.39 is 0 Å². The quantitative estimate of drug-likeness (QED) is 0.788. The summed E-state index contributed by atoms with van der Waals surface area (Å²) in [4.78, 5) is 15.9. The molecule has 1 aromatic carbocycles. The Hall–Kier alpha value is -2.34. The summed E-state index contributed by atoms with van der Waals surface area (Å²) in [5.74, 6) is 0.762. The molecule has 0 saturated carbocycles. The number of nitrogens with zero attached hydrogens (tertiary/aromatic N) is 2. The number of H-pyrrole nitrogens is 1. The van der Waals surface area contributed by atoms with Crippen LogP contribution >= 0.6 is 0 Å². The Morgan fingerprint density at radius 1 is 1.41 bits per heavy atom. The highest BCUT2D eigenvalue weighted by atomic mass is 16.5. The molecule has 22 heavy (non-hydrogen) atoms. The molecule has 1 unspecified atom stereocenters. The molecule has 0 bridgehead atoms. The van der Waals surface area contributed by atoms with Crippen molar-refractivity contribution in [3.8, 4) is 5.75 Å². The van der Waals surface area contributed by atoms with Gasteiger partial charge in [0, 0.05) is 22.9 Å². The highest BCUT2D eigenvalue weighted by Crippen LogP contribution is 2.27.